The molecule has 0 radical (unpaired) electrons. The monoisotopic (exact) mass is 271 g/mol. The Hall–Kier alpha value is -0.730. The van der Waals surface area contributed by atoms with Crippen LogP contribution in [-0.2, 0) is 10.0 Å². The van der Waals surface area contributed by atoms with E-state index in [1.165, 1.54) is 16.3 Å². The van der Waals surface area contributed by atoms with E-state index in [1.807, 2.05) is 6.92 Å². The van der Waals surface area contributed by atoms with Crippen molar-refractivity contribution in [3.63, 3.8) is 0 Å². The van der Waals surface area contributed by atoms with E-state index < -0.39 is 15.5 Å². The van der Waals surface area contributed by atoms with Gasteiger partial charge in [0.15, 0.2) is 0 Å². The highest BCUT2D eigenvalue weighted by atomic mass is 32.3. The normalized spacial score (nSPS) is 12.8. The molecule has 0 heterocycles. The van der Waals surface area contributed by atoms with Gasteiger partial charge in [-0.1, -0.05) is 17.7 Å². The summed E-state index contributed by atoms with van der Waals surface area (Å²) in [6.45, 7) is 1.81. The number of nitrogens with one attached hydrogen (secondary N) is 1. The Bertz CT molecular complexity index is 453. The van der Waals surface area contributed by atoms with Crippen LogP contribution in [0.3, 0.4) is 0 Å². The van der Waals surface area contributed by atoms with E-state index in [0.29, 0.717) is 16.8 Å². The molecule has 1 rings (SSSR count). The minimum absolute atomic E-state index is 0.387. The van der Waals surface area contributed by atoms with Crippen molar-refractivity contribution < 1.29 is 21.6 Å². The first-order valence-corrected chi connectivity index (χ1v) is 6.34. The molecular formula is C8H8F3NO2S2. The van der Waals surface area contributed by atoms with Crippen molar-refractivity contribution in [2.24, 2.45) is 0 Å². The van der Waals surface area contributed by atoms with Gasteiger partial charge in [0.25, 0.3) is 0 Å². The molecule has 0 bridgehead atoms. The Morgan fingerprint density at radius 2 is 1.69 bits per heavy atom. The topological polar surface area (TPSA) is 46.2 Å². The summed E-state index contributed by atoms with van der Waals surface area (Å²) in [6, 6.07) is 6.40. The average Bonchev–Trinajstić information content (AvgIpc) is 2.15. The van der Waals surface area contributed by atoms with Crippen LogP contribution in [0.5, 0.6) is 0 Å². The molecule has 1 aromatic rings. The molecule has 1 aromatic carbocycles. The molecule has 0 aliphatic rings. The molecule has 0 amide bonds. The highest BCUT2D eigenvalue weighted by Crippen LogP contribution is 2.25. The van der Waals surface area contributed by atoms with Gasteiger partial charge in [-0.3, -0.25) is 0 Å². The predicted octanol–water partition coefficient (Wildman–Crippen LogP) is 2.44. The molecule has 0 aliphatic heterocycles. The van der Waals surface area contributed by atoms with Crippen molar-refractivity contribution in [2.45, 2.75) is 17.3 Å². The van der Waals surface area contributed by atoms with Crippen molar-refractivity contribution in [1.82, 2.24) is 4.13 Å². The van der Waals surface area contributed by atoms with Gasteiger partial charge in [-0.2, -0.15) is 13.2 Å². The highest BCUT2D eigenvalue weighted by molar-refractivity contribution is 8.09. The first-order chi connectivity index (χ1) is 7.22. The van der Waals surface area contributed by atoms with Crippen LogP contribution < -0.4 is 4.13 Å². The van der Waals surface area contributed by atoms with Crippen LogP contribution in [0.25, 0.3) is 0 Å². The van der Waals surface area contributed by atoms with Crippen molar-refractivity contribution >= 4 is 22.0 Å². The van der Waals surface area contributed by atoms with E-state index >= 15 is 0 Å². The van der Waals surface area contributed by atoms with Crippen molar-refractivity contribution in [1.29, 1.82) is 0 Å². The number of alkyl halides is 3. The molecule has 0 unspecified atom stereocenters. The molecule has 0 saturated carbocycles. The molecule has 16 heavy (non-hydrogen) atoms. The predicted molar refractivity (Wildman–Crippen MR) is 55.1 cm³/mol. The fourth-order valence-corrected chi connectivity index (χ4v) is 2.23. The van der Waals surface area contributed by atoms with Gasteiger partial charge in [0.1, 0.15) is 0 Å². The summed E-state index contributed by atoms with van der Waals surface area (Å²) < 4.78 is 58.5. The first-order valence-electron chi connectivity index (χ1n) is 4.04. The quantitative estimate of drug-likeness (QED) is 0.859. The SMILES string of the molecule is Cc1ccc(SNS(=O)(=O)C(F)(F)F)cc1. The Morgan fingerprint density at radius 1 is 1.19 bits per heavy atom. The second-order valence-corrected chi connectivity index (χ2v) is 5.76. The molecule has 0 atom stereocenters. The molecule has 0 spiro atoms. The summed E-state index contributed by atoms with van der Waals surface area (Å²) in [5.41, 5.74) is -4.35. The molecule has 0 aromatic heterocycles. The minimum Gasteiger partial charge on any atom is -0.202 e. The maximum atomic E-state index is 11.9. The first kappa shape index (κ1) is 13.3. The lowest BCUT2D eigenvalue weighted by atomic mass is 10.2. The average molecular weight is 271 g/mol. The highest BCUT2D eigenvalue weighted by Gasteiger charge is 2.45. The third kappa shape index (κ3) is 3.39. The fourth-order valence-electron chi connectivity index (χ4n) is 0.757. The lowest BCUT2D eigenvalue weighted by molar-refractivity contribution is -0.0440. The van der Waals surface area contributed by atoms with Crippen LogP contribution in [0, 0.1) is 6.92 Å². The summed E-state index contributed by atoms with van der Waals surface area (Å²) in [4.78, 5) is 0.387. The van der Waals surface area contributed by atoms with Gasteiger partial charge in [-0.25, -0.2) is 8.42 Å². The van der Waals surface area contributed by atoms with Crippen LogP contribution >= 0.6 is 11.9 Å². The summed E-state index contributed by atoms with van der Waals surface area (Å²) in [5, 5.41) is 0. The molecule has 0 fully saturated rings. The van der Waals surface area contributed by atoms with Crippen LogP contribution in [0.1, 0.15) is 5.56 Å². The van der Waals surface area contributed by atoms with E-state index in [-0.39, 0.29) is 0 Å². The third-order valence-corrected chi connectivity index (χ3v) is 3.92. The van der Waals surface area contributed by atoms with Crippen LogP contribution in [0.4, 0.5) is 13.2 Å². The van der Waals surface area contributed by atoms with Gasteiger partial charge < -0.3 is 0 Å². The number of benzene rings is 1. The number of aryl methyl sites for hydroxylation is 1. The summed E-state index contributed by atoms with van der Waals surface area (Å²) >= 11 is 0.405. The van der Waals surface area contributed by atoms with E-state index in [1.54, 1.807) is 12.1 Å². The van der Waals surface area contributed by atoms with Gasteiger partial charge in [-0.05, 0) is 31.0 Å². The molecule has 8 heteroatoms. The Morgan fingerprint density at radius 3 is 2.12 bits per heavy atom. The van der Waals surface area contributed by atoms with Crippen LogP contribution in [-0.4, -0.2) is 13.9 Å². The number of halogens is 3. The van der Waals surface area contributed by atoms with Gasteiger partial charge >= 0.3 is 15.5 Å². The van der Waals surface area contributed by atoms with E-state index in [2.05, 4.69) is 0 Å². The van der Waals surface area contributed by atoms with Crippen LogP contribution in [0.2, 0.25) is 0 Å². The second kappa shape index (κ2) is 4.64. The summed E-state index contributed by atoms with van der Waals surface area (Å²) in [7, 11) is -5.29. The molecule has 1 N–H and O–H groups in total. The van der Waals surface area contributed by atoms with Crippen molar-refractivity contribution in [3.05, 3.63) is 29.8 Å². The number of hydrogen-bond donors (Lipinski definition) is 1. The second-order valence-electron chi connectivity index (χ2n) is 2.95. The van der Waals surface area contributed by atoms with Crippen LogP contribution in [0.15, 0.2) is 29.2 Å². The lowest BCUT2D eigenvalue weighted by Crippen LogP contribution is -2.32. The largest absolute Gasteiger partial charge is 0.512 e. The van der Waals surface area contributed by atoms with Gasteiger partial charge in [0, 0.05) is 4.90 Å². The van der Waals surface area contributed by atoms with Gasteiger partial charge in [-0.15, -0.1) is 4.13 Å². The van der Waals surface area contributed by atoms with E-state index in [9.17, 15) is 21.6 Å². The maximum Gasteiger partial charge on any atom is 0.512 e. The van der Waals surface area contributed by atoms with Crippen molar-refractivity contribution in [2.75, 3.05) is 0 Å². The molecular weight excluding hydrogens is 263 g/mol. The Labute approximate surface area is 95.2 Å². The zero-order valence-corrected chi connectivity index (χ0v) is 9.71. The number of rotatable bonds is 3. The molecule has 3 nitrogen and oxygen atoms in total. The third-order valence-electron chi connectivity index (χ3n) is 1.59. The molecule has 90 valence electrons. The Balaban J connectivity index is 2.69. The van der Waals surface area contributed by atoms with E-state index in [0.717, 1.165) is 5.56 Å². The van der Waals surface area contributed by atoms with Crippen molar-refractivity contribution in [3.8, 4) is 0 Å². The fraction of sp³-hybridized carbons (Fsp3) is 0.250. The van der Waals surface area contributed by atoms with E-state index in [4.69, 9.17) is 0 Å². The van der Waals surface area contributed by atoms with Gasteiger partial charge in [0.05, 0.1) is 0 Å². The summed E-state index contributed by atoms with van der Waals surface area (Å²) in [6.07, 6.45) is 0. The summed E-state index contributed by atoms with van der Waals surface area (Å²) in [5.74, 6) is 0. The maximum absolute atomic E-state index is 11.9. The zero-order valence-electron chi connectivity index (χ0n) is 8.08. The number of hydrogen-bond acceptors (Lipinski definition) is 3. The standard InChI is InChI=1S/C8H8F3NO2S2/c1-6-2-4-7(5-3-6)15-12-16(13,14)8(9,10)11/h2-5,12H,1H3. The Kier molecular flexibility index (Phi) is 3.87. The molecule has 0 saturated heterocycles. The lowest BCUT2D eigenvalue weighted by Gasteiger charge is -2.08. The molecule has 0 aliphatic carbocycles. The van der Waals surface area contributed by atoms with Gasteiger partial charge in [0.2, 0.25) is 0 Å². The zero-order chi connectivity index (χ0) is 12.4. The number of sulfonamides is 1. The minimum atomic E-state index is -5.29. The smallest absolute Gasteiger partial charge is 0.202 e.